The van der Waals surface area contributed by atoms with Crippen LogP contribution in [-0.2, 0) is 19.1 Å². The molecular formula is C23H44O6. The van der Waals surface area contributed by atoms with E-state index in [4.69, 9.17) is 19.7 Å². The van der Waals surface area contributed by atoms with Crippen LogP contribution >= 0.6 is 0 Å². The first-order valence-corrected chi connectivity index (χ1v) is 11.7. The van der Waals surface area contributed by atoms with Crippen LogP contribution in [0.2, 0.25) is 0 Å². The van der Waals surface area contributed by atoms with Gasteiger partial charge in [0.1, 0.15) is 0 Å². The first-order valence-electron chi connectivity index (χ1n) is 11.7. The van der Waals surface area contributed by atoms with Crippen LogP contribution in [-0.4, -0.2) is 48.6 Å². The first-order chi connectivity index (χ1) is 14.2. The summed E-state index contributed by atoms with van der Waals surface area (Å²) in [6.07, 6.45) is 15.6. The minimum Gasteiger partial charge on any atom is -0.466 e. The van der Waals surface area contributed by atoms with Gasteiger partial charge in [-0.2, -0.15) is 0 Å². The summed E-state index contributed by atoms with van der Waals surface area (Å²) < 4.78 is 10.4. The SMILES string of the molecule is O=C(CCCCCCCCCC(=O)OCCCCCCO)OCCCCCCO. The number of hydrogen-bond acceptors (Lipinski definition) is 6. The fraction of sp³-hybridized carbons (Fsp3) is 0.913. The zero-order chi connectivity index (χ0) is 21.4. The molecule has 0 fully saturated rings. The fourth-order valence-corrected chi connectivity index (χ4v) is 3.07. The molecule has 0 radical (unpaired) electrons. The lowest BCUT2D eigenvalue weighted by molar-refractivity contribution is -0.144. The monoisotopic (exact) mass is 416 g/mol. The molecule has 0 aromatic carbocycles. The van der Waals surface area contributed by atoms with Crippen molar-refractivity contribution in [2.24, 2.45) is 0 Å². The van der Waals surface area contributed by atoms with Crippen molar-refractivity contribution in [3.8, 4) is 0 Å². The Morgan fingerprint density at radius 2 is 0.759 bits per heavy atom. The molecule has 0 aliphatic carbocycles. The molecule has 0 saturated carbocycles. The number of ether oxygens (including phenoxy) is 2. The maximum atomic E-state index is 11.6. The summed E-state index contributed by atoms with van der Waals surface area (Å²) in [5, 5.41) is 17.4. The van der Waals surface area contributed by atoms with E-state index in [0.717, 1.165) is 96.3 Å². The summed E-state index contributed by atoms with van der Waals surface area (Å²) in [5.74, 6) is -0.196. The van der Waals surface area contributed by atoms with E-state index in [-0.39, 0.29) is 25.2 Å². The van der Waals surface area contributed by atoms with Crippen molar-refractivity contribution in [1.82, 2.24) is 0 Å². The van der Waals surface area contributed by atoms with E-state index < -0.39 is 0 Å². The molecule has 0 unspecified atom stereocenters. The molecule has 0 aromatic heterocycles. The number of hydrogen-bond donors (Lipinski definition) is 2. The van der Waals surface area contributed by atoms with E-state index in [2.05, 4.69) is 0 Å². The molecule has 0 aliphatic heterocycles. The standard InChI is InChI=1S/C23H44O6/c24-18-12-6-8-14-20-28-22(26)16-10-4-2-1-3-5-11-17-23(27)29-21-15-9-7-13-19-25/h24-25H,1-21H2. The van der Waals surface area contributed by atoms with Gasteiger partial charge in [-0.25, -0.2) is 0 Å². The Morgan fingerprint density at radius 1 is 0.448 bits per heavy atom. The molecule has 6 heteroatoms. The summed E-state index contributed by atoms with van der Waals surface area (Å²) in [6, 6.07) is 0. The van der Waals surface area contributed by atoms with Gasteiger partial charge in [0.25, 0.3) is 0 Å². The van der Waals surface area contributed by atoms with Crippen molar-refractivity contribution >= 4 is 11.9 Å². The topological polar surface area (TPSA) is 93.1 Å². The largest absolute Gasteiger partial charge is 0.466 e. The van der Waals surface area contributed by atoms with Gasteiger partial charge in [-0.1, -0.05) is 44.9 Å². The minimum absolute atomic E-state index is 0.0981. The van der Waals surface area contributed by atoms with E-state index in [9.17, 15) is 9.59 Å². The molecule has 0 aliphatic rings. The fourth-order valence-electron chi connectivity index (χ4n) is 3.07. The number of aliphatic hydroxyl groups is 2. The molecule has 0 rings (SSSR count). The molecule has 0 atom stereocenters. The number of rotatable bonds is 22. The second kappa shape index (κ2) is 23.1. The number of carbonyl (C=O) groups is 2. The van der Waals surface area contributed by atoms with E-state index in [1.54, 1.807) is 0 Å². The molecular weight excluding hydrogens is 372 g/mol. The van der Waals surface area contributed by atoms with Gasteiger partial charge in [0, 0.05) is 26.1 Å². The highest BCUT2D eigenvalue weighted by Crippen LogP contribution is 2.11. The van der Waals surface area contributed by atoms with E-state index in [0.29, 0.717) is 26.1 Å². The molecule has 0 saturated heterocycles. The Bertz CT molecular complexity index is 338. The Kier molecular flexibility index (Phi) is 22.2. The maximum absolute atomic E-state index is 11.6. The van der Waals surface area contributed by atoms with Crippen molar-refractivity contribution in [3.05, 3.63) is 0 Å². The molecule has 0 spiro atoms. The summed E-state index contributed by atoms with van der Waals surface area (Å²) in [4.78, 5) is 23.2. The van der Waals surface area contributed by atoms with Crippen LogP contribution in [0.25, 0.3) is 0 Å². The maximum Gasteiger partial charge on any atom is 0.305 e. The van der Waals surface area contributed by atoms with Gasteiger partial charge >= 0.3 is 11.9 Å². The van der Waals surface area contributed by atoms with Crippen molar-refractivity contribution in [2.75, 3.05) is 26.4 Å². The molecule has 2 N–H and O–H groups in total. The van der Waals surface area contributed by atoms with E-state index in [1.807, 2.05) is 0 Å². The zero-order valence-electron chi connectivity index (χ0n) is 18.4. The Labute approximate surface area is 177 Å². The van der Waals surface area contributed by atoms with Crippen LogP contribution in [0.4, 0.5) is 0 Å². The normalized spacial score (nSPS) is 10.8. The van der Waals surface area contributed by atoms with Crippen molar-refractivity contribution in [3.63, 3.8) is 0 Å². The summed E-state index contributed by atoms with van der Waals surface area (Å²) >= 11 is 0. The van der Waals surface area contributed by atoms with Crippen molar-refractivity contribution in [2.45, 2.75) is 109 Å². The third kappa shape index (κ3) is 23.0. The first kappa shape index (κ1) is 27.9. The van der Waals surface area contributed by atoms with Gasteiger partial charge in [-0.15, -0.1) is 0 Å². The van der Waals surface area contributed by atoms with Crippen LogP contribution in [0.1, 0.15) is 109 Å². The van der Waals surface area contributed by atoms with Crippen LogP contribution in [0.3, 0.4) is 0 Å². The Balaban J connectivity index is 3.24. The highest BCUT2D eigenvalue weighted by atomic mass is 16.5. The number of unbranched alkanes of at least 4 members (excludes halogenated alkanes) is 12. The lowest BCUT2D eigenvalue weighted by atomic mass is 10.1. The van der Waals surface area contributed by atoms with Crippen LogP contribution in [0, 0.1) is 0 Å². The van der Waals surface area contributed by atoms with Gasteiger partial charge in [0.15, 0.2) is 0 Å². The minimum atomic E-state index is -0.0981. The molecule has 0 bridgehead atoms. The number of aliphatic hydroxyl groups excluding tert-OH is 2. The highest BCUT2D eigenvalue weighted by molar-refractivity contribution is 5.69. The number of esters is 2. The van der Waals surface area contributed by atoms with Gasteiger partial charge in [0.2, 0.25) is 0 Å². The van der Waals surface area contributed by atoms with Gasteiger partial charge < -0.3 is 19.7 Å². The second-order valence-corrected chi connectivity index (χ2v) is 7.69. The third-order valence-electron chi connectivity index (χ3n) is 4.89. The Morgan fingerprint density at radius 3 is 1.14 bits per heavy atom. The van der Waals surface area contributed by atoms with E-state index >= 15 is 0 Å². The highest BCUT2D eigenvalue weighted by Gasteiger charge is 2.04. The number of carbonyl (C=O) groups excluding carboxylic acids is 2. The summed E-state index contributed by atoms with van der Waals surface area (Å²) in [5.41, 5.74) is 0. The molecule has 29 heavy (non-hydrogen) atoms. The summed E-state index contributed by atoms with van der Waals surface area (Å²) in [7, 11) is 0. The quantitative estimate of drug-likeness (QED) is 0.196. The average molecular weight is 417 g/mol. The predicted octanol–water partition coefficient (Wildman–Crippen LogP) is 4.69. The summed E-state index contributed by atoms with van der Waals surface area (Å²) in [6.45, 7) is 1.46. The third-order valence-corrected chi connectivity index (χ3v) is 4.89. The van der Waals surface area contributed by atoms with Gasteiger partial charge in [0.05, 0.1) is 13.2 Å². The van der Waals surface area contributed by atoms with Crippen LogP contribution in [0.5, 0.6) is 0 Å². The molecule has 172 valence electrons. The van der Waals surface area contributed by atoms with Crippen LogP contribution < -0.4 is 0 Å². The van der Waals surface area contributed by atoms with Crippen LogP contribution in [0.15, 0.2) is 0 Å². The molecule has 0 aromatic rings. The molecule has 6 nitrogen and oxygen atoms in total. The smallest absolute Gasteiger partial charge is 0.305 e. The Hall–Kier alpha value is -1.14. The second-order valence-electron chi connectivity index (χ2n) is 7.69. The van der Waals surface area contributed by atoms with Gasteiger partial charge in [-0.05, 0) is 51.4 Å². The van der Waals surface area contributed by atoms with Crippen molar-refractivity contribution < 1.29 is 29.3 Å². The van der Waals surface area contributed by atoms with E-state index in [1.165, 1.54) is 0 Å². The average Bonchev–Trinajstić information content (AvgIpc) is 2.71. The lowest BCUT2D eigenvalue weighted by Crippen LogP contribution is -2.06. The van der Waals surface area contributed by atoms with Gasteiger partial charge in [-0.3, -0.25) is 9.59 Å². The lowest BCUT2D eigenvalue weighted by Gasteiger charge is -2.06. The zero-order valence-corrected chi connectivity index (χ0v) is 18.4. The molecule has 0 heterocycles. The molecule has 0 amide bonds. The van der Waals surface area contributed by atoms with Crippen molar-refractivity contribution in [1.29, 1.82) is 0 Å². The predicted molar refractivity (Wildman–Crippen MR) is 115 cm³/mol.